The van der Waals surface area contributed by atoms with Gasteiger partial charge in [0.25, 0.3) is 11.4 Å². The molecule has 18 nitrogen and oxygen atoms in total. The maximum absolute atomic E-state index is 12.7. The molecule has 0 N–H and O–H groups in total. The van der Waals surface area contributed by atoms with Gasteiger partial charge in [-0.05, 0) is 48.5 Å². The topological polar surface area (TPSA) is 259 Å². The van der Waals surface area contributed by atoms with Crippen molar-refractivity contribution in [1.29, 1.82) is 0 Å². The Morgan fingerprint density at radius 1 is 0.468 bits per heavy atom. The third-order valence-corrected chi connectivity index (χ3v) is 6.25. The number of nitro groups is 4. The molecule has 4 rings (SSSR count). The Labute approximate surface area is 260 Å². The lowest BCUT2D eigenvalue weighted by Crippen LogP contribution is -2.19. The molecule has 4 aromatic rings. The fraction of sp³-hybridized carbons (Fsp3) is 0.0345. The average molecular weight is 644 g/mol. The van der Waals surface area contributed by atoms with Gasteiger partial charge in [-0.3, -0.25) is 59.6 Å². The lowest BCUT2D eigenvalue weighted by atomic mass is 10.0. The van der Waals surface area contributed by atoms with Crippen molar-refractivity contribution in [2.45, 2.75) is 6.42 Å². The summed E-state index contributed by atoms with van der Waals surface area (Å²) < 4.78 is 9.82. The summed E-state index contributed by atoms with van der Waals surface area (Å²) in [6.07, 6.45) is -1.17. The summed E-state index contributed by atoms with van der Waals surface area (Å²) in [5.41, 5.74) is -2.69. The Morgan fingerprint density at radius 2 is 0.787 bits per heavy atom. The Bertz CT molecular complexity index is 1850. The molecule has 0 amide bonds. The van der Waals surface area contributed by atoms with E-state index in [0.29, 0.717) is 0 Å². The Morgan fingerprint density at radius 3 is 1.09 bits per heavy atom. The first-order valence-electron chi connectivity index (χ1n) is 12.8. The Hall–Kier alpha value is -7.24. The van der Waals surface area contributed by atoms with E-state index in [4.69, 9.17) is 9.47 Å². The molecule has 18 heteroatoms. The normalized spacial score (nSPS) is 10.4. The first kappa shape index (κ1) is 32.7. The van der Waals surface area contributed by atoms with Crippen LogP contribution in [-0.2, 0) is 9.59 Å². The van der Waals surface area contributed by atoms with Crippen molar-refractivity contribution in [3.8, 4) is 11.5 Å². The van der Waals surface area contributed by atoms with Gasteiger partial charge in [0, 0.05) is 58.7 Å². The van der Waals surface area contributed by atoms with Crippen LogP contribution in [0.1, 0.15) is 38.3 Å². The highest BCUT2D eigenvalue weighted by Crippen LogP contribution is 2.31. The molecule has 4 aromatic carbocycles. The molecule has 0 heterocycles. The molecule has 0 aliphatic heterocycles. The molecule has 0 saturated carbocycles. The van der Waals surface area contributed by atoms with Crippen molar-refractivity contribution in [3.05, 3.63) is 148 Å². The Balaban J connectivity index is 1.45. The molecule has 0 aromatic heterocycles. The summed E-state index contributed by atoms with van der Waals surface area (Å²) in [5, 5.41) is 44.9. The van der Waals surface area contributed by atoms with Gasteiger partial charge in [-0.25, -0.2) is 0 Å². The van der Waals surface area contributed by atoms with E-state index < -0.39 is 72.5 Å². The number of carbonyl (C=O) groups is 4. The van der Waals surface area contributed by atoms with Crippen LogP contribution in [0.5, 0.6) is 11.5 Å². The lowest BCUT2D eigenvalue weighted by molar-refractivity contribution is -0.385. The number of rotatable bonds is 12. The first-order chi connectivity index (χ1) is 22.2. The highest BCUT2D eigenvalue weighted by molar-refractivity contribution is 6.10. The third kappa shape index (κ3) is 7.65. The molecule has 0 fully saturated rings. The highest BCUT2D eigenvalue weighted by atomic mass is 16.6. The van der Waals surface area contributed by atoms with Gasteiger partial charge in [0.05, 0.1) is 19.7 Å². The lowest BCUT2D eigenvalue weighted by Gasteiger charge is -2.08. The molecule has 0 bridgehead atoms. The molecular formula is C29H16N4O14. The van der Waals surface area contributed by atoms with E-state index in [-0.39, 0.29) is 33.6 Å². The van der Waals surface area contributed by atoms with Gasteiger partial charge in [0.2, 0.25) is 11.5 Å². The number of non-ortho nitro benzene ring substituents is 2. The molecule has 0 aliphatic carbocycles. The average Bonchev–Trinajstić information content (AvgIpc) is 3.04. The fourth-order valence-corrected chi connectivity index (χ4v) is 4.01. The minimum absolute atomic E-state index is 0.0183. The predicted octanol–water partition coefficient (Wildman–Crippen LogP) is 4.68. The second-order valence-electron chi connectivity index (χ2n) is 9.27. The van der Waals surface area contributed by atoms with Gasteiger partial charge in [-0.15, -0.1) is 0 Å². The SMILES string of the molecule is O=C(CC(=O)Oc1ccc(C(=O)c2ccc([N+](=O)[O-])cc2)cc1[N+](=O)[O-])Oc1ccc(C(=O)c2ccc([N+](=O)[O-])cc2)cc1[N+](=O)[O-]. The van der Waals surface area contributed by atoms with Crippen molar-refractivity contribution < 1.29 is 48.3 Å². The smallest absolute Gasteiger partial charge is 0.322 e. The Kier molecular flexibility index (Phi) is 9.45. The monoisotopic (exact) mass is 644 g/mol. The number of esters is 2. The number of hydrogen-bond acceptors (Lipinski definition) is 14. The maximum Gasteiger partial charge on any atom is 0.322 e. The number of nitrogens with zero attached hydrogens (tertiary/aromatic N) is 4. The number of carbonyl (C=O) groups excluding carboxylic acids is 4. The van der Waals surface area contributed by atoms with Crippen LogP contribution in [0.2, 0.25) is 0 Å². The second kappa shape index (κ2) is 13.6. The van der Waals surface area contributed by atoms with E-state index in [0.717, 1.165) is 84.9 Å². The standard InChI is InChI=1S/C29H16N4O14/c34-26(46-24-11-5-18(13-22(24)32(42)43)28(36)16-1-7-20(8-2-16)30(38)39)15-27(35)47-25-12-6-19(14-23(25)33(44)45)29(37)17-3-9-21(10-4-17)31(40)41/h1-14H,15H2. The number of nitro benzene ring substituents is 4. The molecule has 0 atom stereocenters. The van der Waals surface area contributed by atoms with E-state index in [2.05, 4.69) is 0 Å². The summed E-state index contributed by atoms with van der Waals surface area (Å²) in [7, 11) is 0. The largest absolute Gasteiger partial charge is 0.419 e. The second-order valence-corrected chi connectivity index (χ2v) is 9.27. The van der Waals surface area contributed by atoms with Gasteiger partial charge in [-0.2, -0.15) is 0 Å². The van der Waals surface area contributed by atoms with E-state index in [1.807, 2.05) is 0 Å². The minimum atomic E-state index is -1.36. The molecule has 0 unspecified atom stereocenters. The molecule has 0 aliphatic rings. The summed E-state index contributed by atoms with van der Waals surface area (Å²) in [4.78, 5) is 91.9. The molecular weight excluding hydrogens is 628 g/mol. The third-order valence-electron chi connectivity index (χ3n) is 6.25. The minimum Gasteiger partial charge on any atom is -0.419 e. The van der Waals surface area contributed by atoms with Crippen LogP contribution < -0.4 is 9.47 Å². The van der Waals surface area contributed by atoms with Crippen LogP contribution >= 0.6 is 0 Å². The first-order valence-corrected chi connectivity index (χ1v) is 12.8. The van der Waals surface area contributed by atoms with E-state index in [9.17, 15) is 59.6 Å². The van der Waals surface area contributed by atoms with E-state index >= 15 is 0 Å². The van der Waals surface area contributed by atoms with Crippen molar-refractivity contribution >= 4 is 46.3 Å². The van der Waals surface area contributed by atoms with E-state index in [1.54, 1.807) is 0 Å². The number of hydrogen-bond donors (Lipinski definition) is 0. The van der Waals surface area contributed by atoms with Crippen LogP contribution in [0.4, 0.5) is 22.7 Å². The summed E-state index contributed by atoms with van der Waals surface area (Å²) in [5.74, 6) is -5.47. The van der Waals surface area contributed by atoms with Gasteiger partial charge in [0.1, 0.15) is 6.42 Å². The van der Waals surface area contributed by atoms with Gasteiger partial charge < -0.3 is 9.47 Å². The van der Waals surface area contributed by atoms with Crippen LogP contribution in [0.15, 0.2) is 84.9 Å². The van der Waals surface area contributed by atoms with Crippen LogP contribution in [-0.4, -0.2) is 43.2 Å². The van der Waals surface area contributed by atoms with Crippen molar-refractivity contribution in [2.24, 2.45) is 0 Å². The van der Waals surface area contributed by atoms with Crippen molar-refractivity contribution in [3.63, 3.8) is 0 Å². The van der Waals surface area contributed by atoms with Crippen LogP contribution in [0.25, 0.3) is 0 Å². The van der Waals surface area contributed by atoms with Crippen LogP contribution in [0.3, 0.4) is 0 Å². The zero-order valence-corrected chi connectivity index (χ0v) is 23.3. The molecule has 0 spiro atoms. The fourth-order valence-electron chi connectivity index (χ4n) is 4.01. The van der Waals surface area contributed by atoms with Gasteiger partial charge >= 0.3 is 23.3 Å². The number of ketones is 2. The molecule has 47 heavy (non-hydrogen) atoms. The highest BCUT2D eigenvalue weighted by Gasteiger charge is 2.26. The van der Waals surface area contributed by atoms with Gasteiger partial charge in [0.15, 0.2) is 11.6 Å². The van der Waals surface area contributed by atoms with Gasteiger partial charge in [-0.1, -0.05) is 0 Å². The number of benzene rings is 4. The summed E-state index contributed by atoms with van der Waals surface area (Å²) in [6.45, 7) is 0. The predicted molar refractivity (Wildman–Crippen MR) is 155 cm³/mol. The molecule has 236 valence electrons. The van der Waals surface area contributed by atoms with Crippen molar-refractivity contribution in [2.75, 3.05) is 0 Å². The molecule has 0 saturated heterocycles. The zero-order valence-electron chi connectivity index (χ0n) is 23.3. The van der Waals surface area contributed by atoms with Crippen molar-refractivity contribution in [1.82, 2.24) is 0 Å². The number of ether oxygens (including phenoxy) is 2. The quantitative estimate of drug-likeness (QED) is 0.0506. The zero-order chi connectivity index (χ0) is 34.4. The summed E-state index contributed by atoms with van der Waals surface area (Å²) in [6, 6.07) is 14.5. The van der Waals surface area contributed by atoms with E-state index in [1.165, 1.54) is 0 Å². The van der Waals surface area contributed by atoms with Crippen LogP contribution in [0, 0.1) is 40.5 Å². The summed E-state index contributed by atoms with van der Waals surface area (Å²) >= 11 is 0. The molecule has 0 radical (unpaired) electrons. The maximum atomic E-state index is 12.7.